The molecule has 0 saturated carbocycles. The maximum Gasteiger partial charge on any atom is 0.246 e. The number of halogens is 1. The van der Waals surface area contributed by atoms with Crippen LogP contribution in [0.25, 0.3) is 0 Å². The number of carbonyl (C=O) groups is 1. The van der Waals surface area contributed by atoms with Gasteiger partial charge in [0, 0.05) is 24.3 Å². The quantitative estimate of drug-likeness (QED) is 0.844. The van der Waals surface area contributed by atoms with E-state index in [-0.39, 0.29) is 11.9 Å². The van der Waals surface area contributed by atoms with Crippen LogP contribution >= 0.6 is 11.6 Å². The zero-order valence-electron chi connectivity index (χ0n) is 12.4. The topological polar surface area (TPSA) is 44.4 Å². The molecule has 3 rings (SSSR count). The molecule has 0 fully saturated rings. The van der Waals surface area contributed by atoms with Gasteiger partial charge in [0.25, 0.3) is 0 Å². The molecule has 2 aliphatic rings. The Labute approximate surface area is 130 Å². The van der Waals surface area contributed by atoms with Gasteiger partial charge < -0.3 is 15.5 Å². The van der Waals surface area contributed by atoms with Crippen molar-refractivity contribution in [2.24, 2.45) is 0 Å². The molecule has 1 aromatic rings. The van der Waals surface area contributed by atoms with E-state index < -0.39 is 0 Å². The third-order valence-electron chi connectivity index (χ3n) is 4.14. The third kappa shape index (κ3) is 2.65. The van der Waals surface area contributed by atoms with Gasteiger partial charge in [0.2, 0.25) is 5.91 Å². The van der Waals surface area contributed by atoms with Crippen molar-refractivity contribution in [1.82, 2.24) is 5.32 Å². The third-order valence-corrected chi connectivity index (χ3v) is 4.44. The number of carbonyl (C=O) groups excluding carboxylic acids is 1. The highest BCUT2D eigenvalue weighted by atomic mass is 35.5. The van der Waals surface area contributed by atoms with E-state index in [0.717, 1.165) is 43.0 Å². The summed E-state index contributed by atoms with van der Waals surface area (Å²) in [5.74, 6) is -0.00514. The molecule has 2 heterocycles. The number of rotatable bonds is 3. The van der Waals surface area contributed by atoms with Crippen LogP contribution in [-0.2, 0) is 4.79 Å². The first-order valence-corrected chi connectivity index (χ1v) is 7.76. The van der Waals surface area contributed by atoms with Gasteiger partial charge >= 0.3 is 0 Å². The number of hydrogen-bond acceptors (Lipinski definition) is 3. The van der Waals surface area contributed by atoms with E-state index >= 15 is 0 Å². The molecule has 1 amide bonds. The Kier molecular flexibility index (Phi) is 3.91. The summed E-state index contributed by atoms with van der Waals surface area (Å²) in [5, 5.41) is 6.84. The maximum atomic E-state index is 12.0. The second kappa shape index (κ2) is 5.70. The maximum absolute atomic E-state index is 12.0. The molecule has 1 unspecified atom stereocenters. The molecule has 112 valence electrons. The fraction of sp³-hybridized carbons (Fsp3) is 0.438. The second-order valence-corrected chi connectivity index (χ2v) is 6.02. The summed E-state index contributed by atoms with van der Waals surface area (Å²) in [7, 11) is 0. The Hall–Kier alpha value is -1.52. The van der Waals surface area contributed by atoms with Gasteiger partial charge in [0.15, 0.2) is 0 Å². The normalized spacial score (nSPS) is 21.1. The van der Waals surface area contributed by atoms with Gasteiger partial charge in [-0.05, 0) is 32.0 Å². The minimum atomic E-state index is -0.292. The van der Waals surface area contributed by atoms with Crippen molar-refractivity contribution in [3.05, 3.63) is 34.4 Å². The molecular weight excluding hydrogens is 286 g/mol. The minimum absolute atomic E-state index is 0.00514. The standard InChI is InChI=1S/C16H20ClN3O/c1-3-18-15-11-8-12(17)14(9-13(11)19-16(15)21)20-6-4-10(2)5-7-20/h4,8-9,15,18H,3,5-7H2,1-2H3,(H,19,21). The molecule has 0 saturated heterocycles. The van der Waals surface area contributed by atoms with Crippen LogP contribution in [0.2, 0.25) is 5.02 Å². The monoisotopic (exact) mass is 305 g/mol. The Balaban J connectivity index is 1.93. The molecule has 0 aliphatic carbocycles. The van der Waals surface area contributed by atoms with Crippen molar-refractivity contribution in [3.63, 3.8) is 0 Å². The largest absolute Gasteiger partial charge is 0.366 e. The van der Waals surface area contributed by atoms with E-state index in [1.54, 1.807) is 0 Å². The lowest BCUT2D eigenvalue weighted by Crippen LogP contribution is -2.28. The molecule has 4 nitrogen and oxygen atoms in total. The van der Waals surface area contributed by atoms with Crippen LogP contribution < -0.4 is 15.5 Å². The molecule has 2 N–H and O–H groups in total. The van der Waals surface area contributed by atoms with Crippen LogP contribution in [-0.4, -0.2) is 25.5 Å². The summed E-state index contributed by atoms with van der Waals surface area (Å²) >= 11 is 6.46. The highest BCUT2D eigenvalue weighted by molar-refractivity contribution is 6.33. The molecule has 1 atom stereocenters. The van der Waals surface area contributed by atoms with Gasteiger partial charge in [-0.1, -0.05) is 30.2 Å². The zero-order chi connectivity index (χ0) is 15.0. The lowest BCUT2D eigenvalue weighted by atomic mass is 10.1. The van der Waals surface area contributed by atoms with Crippen LogP contribution in [0.3, 0.4) is 0 Å². The summed E-state index contributed by atoms with van der Waals surface area (Å²) in [6.07, 6.45) is 3.28. The number of benzene rings is 1. The van der Waals surface area contributed by atoms with Gasteiger partial charge in [-0.3, -0.25) is 4.79 Å². The van der Waals surface area contributed by atoms with Gasteiger partial charge in [0.1, 0.15) is 6.04 Å². The van der Waals surface area contributed by atoms with Crippen LogP contribution in [0, 0.1) is 0 Å². The SMILES string of the molecule is CCNC1C(=O)Nc2cc(N3CC=C(C)CC3)c(Cl)cc21. The highest BCUT2D eigenvalue weighted by Crippen LogP contribution is 2.39. The van der Waals surface area contributed by atoms with Gasteiger partial charge in [0.05, 0.1) is 10.7 Å². The Morgan fingerprint density at radius 1 is 1.48 bits per heavy atom. The lowest BCUT2D eigenvalue weighted by Gasteiger charge is -2.29. The Bertz CT molecular complexity index is 612. The first-order valence-electron chi connectivity index (χ1n) is 7.38. The second-order valence-electron chi connectivity index (χ2n) is 5.62. The summed E-state index contributed by atoms with van der Waals surface area (Å²) in [6.45, 7) is 6.72. The number of nitrogens with zero attached hydrogens (tertiary/aromatic N) is 1. The smallest absolute Gasteiger partial charge is 0.246 e. The van der Waals surface area contributed by atoms with Crippen molar-refractivity contribution in [3.8, 4) is 0 Å². The minimum Gasteiger partial charge on any atom is -0.366 e. The number of anilines is 2. The van der Waals surface area contributed by atoms with E-state index in [1.807, 2.05) is 19.1 Å². The molecular formula is C16H20ClN3O. The molecule has 5 heteroatoms. The van der Waals surface area contributed by atoms with E-state index in [9.17, 15) is 4.79 Å². The van der Waals surface area contributed by atoms with E-state index in [2.05, 4.69) is 28.5 Å². The highest BCUT2D eigenvalue weighted by Gasteiger charge is 2.31. The summed E-state index contributed by atoms with van der Waals surface area (Å²) in [6, 6.07) is 3.63. The molecule has 0 bridgehead atoms. The van der Waals surface area contributed by atoms with Crippen LogP contribution in [0.4, 0.5) is 11.4 Å². The van der Waals surface area contributed by atoms with Crippen LogP contribution in [0.15, 0.2) is 23.8 Å². The zero-order valence-corrected chi connectivity index (χ0v) is 13.1. The fourth-order valence-electron chi connectivity index (χ4n) is 2.91. The number of amides is 1. The first-order chi connectivity index (χ1) is 10.1. The lowest BCUT2D eigenvalue weighted by molar-refractivity contribution is -0.117. The molecule has 0 radical (unpaired) electrons. The van der Waals surface area contributed by atoms with Crippen molar-refractivity contribution in [1.29, 1.82) is 0 Å². The Morgan fingerprint density at radius 2 is 2.29 bits per heavy atom. The Morgan fingerprint density at radius 3 is 2.95 bits per heavy atom. The van der Waals surface area contributed by atoms with E-state index in [0.29, 0.717) is 5.02 Å². The molecule has 2 aliphatic heterocycles. The number of hydrogen-bond donors (Lipinski definition) is 2. The van der Waals surface area contributed by atoms with Crippen molar-refractivity contribution in [2.45, 2.75) is 26.3 Å². The number of nitrogens with one attached hydrogen (secondary N) is 2. The average Bonchev–Trinajstić information content (AvgIpc) is 2.76. The summed E-state index contributed by atoms with van der Waals surface area (Å²) in [4.78, 5) is 14.3. The summed E-state index contributed by atoms with van der Waals surface area (Å²) < 4.78 is 0. The van der Waals surface area contributed by atoms with Crippen molar-refractivity contribution >= 4 is 28.9 Å². The van der Waals surface area contributed by atoms with Crippen molar-refractivity contribution < 1.29 is 4.79 Å². The number of fused-ring (bicyclic) bond motifs is 1. The van der Waals surface area contributed by atoms with E-state index in [4.69, 9.17) is 11.6 Å². The average molecular weight is 306 g/mol. The molecule has 21 heavy (non-hydrogen) atoms. The predicted molar refractivity (Wildman–Crippen MR) is 87.1 cm³/mol. The van der Waals surface area contributed by atoms with E-state index in [1.165, 1.54) is 5.57 Å². The fourth-order valence-corrected chi connectivity index (χ4v) is 3.20. The van der Waals surface area contributed by atoms with Crippen molar-refractivity contribution in [2.75, 3.05) is 29.9 Å². The summed E-state index contributed by atoms with van der Waals surface area (Å²) in [5.41, 5.74) is 4.23. The van der Waals surface area contributed by atoms with Gasteiger partial charge in [-0.25, -0.2) is 0 Å². The molecule has 0 aromatic heterocycles. The van der Waals surface area contributed by atoms with Gasteiger partial charge in [-0.2, -0.15) is 0 Å². The predicted octanol–water partition coefficient (Wildman–Crippen LogP) is 3.10. The molecule has 0 spiro atoms. The van der Waals surface area contributed by atoms with Crippen LogP contribution in [0.1, 0.15) is 31.9 Å². The van der Waals surface area contributed by atoms with Gasteiger partial charge in [-0.15, -0.1) is 0 Å². The van der Waals surface area contributed by atoms with Crippen LogP contribution in [0.5, 0.6) is 0 Å². The molecule has 1 aromatic carbocycles. The first kappa shape index (κ1) is 14.4. The number of likely N-dealkylation sites (N-methyl/N-ethyl adjacent to an activating group) is 1.